The summed E-state index contributed by atoms with van der Waals surface area (Å²) in [6, 6.07) is 0. The van der Waals surface area contributed by atoms with Crippen molar-refractivity contribution in [2.45, 2.75) is 13.8 Å². The second-order valence-corrected chi connectivity index (χ2v) is 1.73. The van der Waals surface area contributed by atoms with Gasteiger partial charge in [-0.3, -0.25) is 0 Å². The molecule has 0 aromatic carbocycles. The van der Waals surface area contributed by atoms with Crippen LogP contribution in [-0.4, -0.2) is 11.5 Å². The van der Waals surface area contributed by atoms with Gasteiger partial charge in [-0.25, -0.2) is 0 Å². The molecule has 0 saturated heterocycles. The van der Waals surface area contributed by atoms with Crippen molar-refractivity contribution in [3.05, 3.63) is 0 Å². The SMILES string of the molecule is CC[S-].CC[S-].N#[O+].N#[O+].N#[O+].N#[O+].[Fe].[Fe]. The molecule has 0 spiro atoms. The van der Waals surface area contributed by atoms with Gasteiger partial charge >= 0.3 is 40.9 Å². The smallest absolute Gasteiger partial charge is 0 e. The first kappa shape index (κ1) is 55.1. The predicted molar refractivity (Wildman–Crippen MR) is 45.5 cm³/mol. The maximum absolute atomic E-state index is 7.25. The molecule has 0 aromatic heterocycles. The van der Waals surface area contributed by atoms with Crippen LogP contribution >= 0.6 is 0 Å². The van der Waals surface area contributed by atoms with Crippen LogP contribution in [0, 0.1) is 21.8 Å². The molecule has 96 valence electrons. The van der Waals surface area contributed by atoms with E-state index in [1.807, 2.05) is 13.8 Å². The molecule has 0 amide bonds. The van der Waals surface area contributed by atoms with Crippen molar-refractivity contribution in [3.63, 3.8) is 0 Å². The fourth-order valence-corrected chi connectivity index (χ4v) is 0. The van der Waals surface area contributed by atoms with Gasteiger partial charge in [0.25, 0.3) is 0 Å². The van der Waals surface area contributed by atoms with Gasteiger partial charge in [0, 0.05) is 34.1 Å². The number of rotatable bonds is 0. The van der Waals surface area contributed by atoms with Crippen LogP contribution in [0.3, 0.4) is 0 Å². The Morgan fingerprint density at radius 2 is 0.625 bits per heavy atom. The Hall–Kier alpha value is 0.419. The molecule has 16 heavy (non-hydrogen) atoms. The van der Waals surface area contributed by atoms with Crippen molar-refractivity contribution in [1.82, 2.24) is 0 Å². The Labute approximate surface area is 125 Å². The first-order valence-corrected chi connectivity index (χ1v) is 3.88. The van der Waals surface area contributed by atoms with Crippen molar-refractivity contribution in [2.24, 2.45) is 0 Å². The quantitative estimate of drug-likeness (QED) is 0.351. The van der Waals surface area contributed by atoms with Gasteiger partial charge in [-0.15, -0.1) is 0 Å². The first-order valence-electron chi connectivity index (χ1n) is 2.72. The molecule has 0 fully saturated rings. The number of nitrogens with zero attached hydrogens (tertiary/aromatic N) is 4. The summed E-state index contributed by atoms with van der Waals surface area (Å²) in [6.45, 7) is 3.88. The summed E-state index contributed by atoms with van der Waals surface area (Å²) in [5, 5.41) is 0. The molecule has 0 radical (unpaired) electrons. The second kappa shape index (κ2) is 548. The molecule has 8 nitrogen and oxygen atoms in total. The largest absolute Gasteiger partial charge is 0 e. The van der Waals surface area contributed by atoms with Gasteiger partial charge in [0.15, 0.2) is 0 Å². The Morgan fingerprint density at radius 1 is 0.625 bits per heavy atom. The van der Waals surface area contributed by atoms with Crippen molar-refractivity contribution in [3.8, 4) is 0 Å². The fourth-order valence-electron chi connectivity index (χ4n) is 0. The van der Waals surface area contributed by atoms with E-state index in [9.17, 15) is 0 Å². The maximum Gasteiger partial charge on any atom is 0 e. The van der Waals surface area contributed by atoms with E-state index in [0.29, 0.717) is 0 Å². The Kier molecular flexibility index (Phi) is 1890. The summed E-state index contributed by atoms with van der Waals surface area (Å²) in [5.41, 5.74) is 23.0. The maximum atomic E-state index is 7.25. The van der Waals surface area contributed by atoms with Crippen LogP contribution in [0.4, 0.5) is 0 Å². The van der Waals surface area contributed by atoms with E-state index in [-0.39, 0.29) is 34.1 Å². The zero-order valence-corrected chi connectivity index (χ0v) is 12.2. The van der Waals surface area contributed by atoms with E-state index in [1.54, 1.807) is 0 Å². The minimum atomic E-state index is 0. The Morgan fingerprint density at radius 3 is 0.625 bits per heavy atom. The zero-order chi connectivity index (χ0) is 13.4. The van der Waals surface area contributed by atoms with Crippen molar-refractivity contribution >= 4 is 25.3 Å². The molecule has 0 rings (SSSR count). The van der Waals surface area contributed by atoms with Gasteiger partial charge in [-0.05, 0) is 0 Å². The normalized spacial score (nSPS) is 2.75. The summed E-state index contributed by atoms with van der Waals surface area (Å²) < 4.78 is 29.0. The van der Waals surface area contributed by atoms with Gasteiger partial charge in [0.1, 0.15) is 0 Å². The third-order valence-electron chi connectivity index (χ3n) is 0. The first-order chi connectivity index (χ1) is 6.83. The average Bonchev–Trinajstić information content (AvgIpc) is 2.31. The third kappa shape index (κ3) is 14800. The summed E-state index contributed by atoms with van der Waals surface area (Å²) in [4.78, 5) is 0. The van der Waals surface area contributed by atoms with Crippen molar-refractivity contribution in [2.75, 3.05) is 11.5 Å². The van der Waals surface area contributed by atoms with Gasteiger partial charge in [-0.1, -0.05) is 13.8 Å². The van der Waals surface area contributed by atoms with E-state index < -0.39 is 0 Å². The number of hydrogen-bond donors (Lipinski definition) is 0. The predicted octanol–water partition coefficient (Wildman–Crippen LogP) is 0.687. The van der Waals surface area contributed by atoms with Crippen LogP contribution < -0.4 is 0 Å². The molecule has 0 unspecified atom stereocenters. The summed E-state index contributed by atoms with van der Waals surface area (Å²) in [5.74, 6) is 1.67. The van der Waals surface area contributed by atoms with Gasteiger partial charge in [-0.2, -0.15) is 11.5 Å². The van der Waals surface area contributed by atoms with Gasteiger partial charge in [0.05, 0.1) is 0 Å². The molecule has 12 heteroatoms. The van der Waals surface area contributed by atoms with Crippen LogP contribution in [0.25, 0.3) is 0 Å². The van der Waals surface area contributed by atoms with Crippen LogP contribution in [0.15, 0.2) is 0 Å². The van der Waals surface area contributed by atoms with E-state index in [0.717, 1.165) is 11.5 Å². The molecule has 0 atom stereocenters. The molecule has 0 N–H and O–H groups in total. The molecular weight excluding hydrogens is 344 g/mol. The Balaban J connectivity index is -0.00000000791. The molecule has 0 aliphatic carbocycles. The zero-order valence-electron chi connectivity index (χ0n) is 8.36. The topological polar surface area (TPSA) is 175 Å². The monoisotopic (exact) mass is 354 g/mol. The molecule has 0 aliphatic heterocycles. The van der Waals surface area contributed by atoms with Crippen LogP contribution in [0.5, 0.6) is 0 Å². The van der Waals surface area contributed by atoms with Gasteiger partial charge in [0.2, 0.25) is 0 Å². The molecular formula is C4H10Fe2N4O4S2+2. The van der Waals surface area contributed by atoms with Crippen LogP contribution in [0.2, 0.25) is 0 Å². The summed E-state index contributed by atoms with van der Waals surface area (Å²) >= 11 is 8.79. The molecule has 0 aliphatic rings. The third-order valence-corrected chi connectivity index (χ3v) is 0. The van der Waals surface area contributed by atoms with E-state index in [4.69, 9.17) is 40.9 Å². The summed E-state index contributed by atoms with van der Waals surface area (Å²) in [6.07, 6.45) is 0. The minimum Gasteiger partial charge on any atom is 0 e. The van der Waals surface area contributed by atoms with Crippen molar-refractivity contribution in [1.29, 1.82) is 21.8 Å². The molecule has 0 aromatic rings. The second-order valence-electron chi connectivity index (χ2n) is 0.577. The van der Waals surface area contributed by atoms with Crippen LogP contribution in [-0.2, 0) is 78.5 Å². The van der Waals surface area contributed by atoms with E-state index in [2.05, 4.69) is 25.3 Å². The number of hydrogen-bond acceptors (Lipinski definition) is 6. The molecule has 0 bridgehead atoms. The van der Waals surface area contributed by atoms with E-state index >= 15 is 0 Å². The average molecular weight is 354 g/mol. The summed E-state index contributed by atoms with van der Waals surface area (Å²) in [7, 11) is 0. The van der Waals surface area contributed by atoms with Gasteiger partial charge < -0.3 is 25.3 Å². The minimum absolute atomic E-state index is 0. The van der Waals surface area contributed by atoms with Crippen LogP contribution in [0.1, 0.15) is 13.8 Å². The fraction of sp³-hybridized carbons (Fsp3) is 1.00. The van der Waals surface area contributed by atoms with E-state index in [1.165, 1.54) is 0 Å². The molecule has 0 heterocycles. The molecule has 0 saturated carbocycles. The van der Waals surface area contributed by atoms with Crippen molar-refractivity contribution < 1.29 is 53.2 Å². The standard InChI is InChI=1S/2C2H6S.2Fe.4NO/c2*1-2-3;;;4*1-2/h2*3H,2H2,1H3;;;;;;/q;;;;4*+1/p-2. The Bertz CT molecular complexity index is 97.6.